The molecule has 0 unspecified atom stereocenters. The van der Waals surface area contributed by atoms with Crippen LogP contribution in [0.3, 0.4) is 0 Å². The Kier molecular flexibility index (Phi) is 7.08. The SMILES string of the molecule is CCCN(Cc1c(C)nn(-c2ccccc2)c1N1CCN(C)CC1)C(=O)c1ccc(F)cc1. The van der Waals surface area contributed by atoms with Crippen LogP contribution in [-0.2, 0) is 6.54 Å². The van der Waals surface area contributed by atoms with Gasteiger partial charge >= 0.3 is 0 Å². The molecule has 0 radical (unpaired) electrons. The summed E-state index contributed by atoms with van der Waals surface area (Å²) in [6, 6.07) is 15.9. The first-order chi connectivity index (χ1) is 16.0. The molecule has 2 aromatic carbocycles. The third-order valence-corrected chi connectivity index (χ3v) is 6.18. The summed E-state index contributed by atoms with van der Waals surface area (Å²) >= 11 is 0. The van der Waals surface area contributed by atoms with Crippen LogP contribution in [0.5, 0.6) is 0 Å². The number of rotatable bonds is 7. The lowest BCUT2D eigenvalue weighted by Gasteiger charge is -2.35. The number of aryl methyl sites for hydroxylation is 1. The highest BCUT2D eigenvalue weighted by molar-refractivity contribution is 5.94. The summed E-state index contributed by atoms with van der Waals surface area (Å²) in [6.45, 7) is 8.92. The lowest BCUT2D eigenvalue weighted by molar-refractivity contribution is 0.0743. The zero-order chi connectivity index (χ0) is 23.4. The maximum atomic E-state index is 13.4. The Hall–Kier alpha value is -3.19. The molecule has 0 saturated carbocycles. The predicted molar refractivity (Wildman–Crippen MR) is 129 cm³/mol. The average molecular weight is 450 g/mol. The number of benzene rings is 2. The summed E-state index contributed by atoms with van der Waals surface area (Å²) in [5, 5.41) is 4.91. The largest absolute Gasteiger partial charge is 0.354 e. The molecule has 33 heavy (non-hydrogen) atoms. The van der Waals surface area contributed by atoms with Crippen molar-refractivity contribution >= 4 is 11.7 Å². The highest BCUT2D eigenvalue weighted by Gasteiger charge is 2.27. The summed E-state index contributed by atoms with van der Waals surface area (Å²) in [5.41, 5.74) is 3.49. The smallest absolute Gasteiger partial charge is 0.254 e. The lowest BCUT2D eigenvalue weighted by Crippen LogP contribution is -2.45. The van der Waals surface area contributed by atoms with Crippen LogP contribution in [0.1, 0.15) is 35.0 Å². The molecule has 7 heteroatoms. The summed E-state index contributed by atoms with van der Waals surface area (Å²) in [4.78, 5) is 19.9. The van der Waals surface area contributed by atoms with Gasteiger partial charge in [-0.3, -0.25) is 4.79 Å². The maximum Gasteiger partial charge on any atom is 0.254 e. The van der Waals surface area contributed by atoms with Gasteiger partial charge in [0.05, 0.1) is 17.9 Å². The van der Waals surface area contributed by atoms with E-state index in [-0.39, 0.29) is 11.7 Å². The van der Waals surface area contributed by atoms with Crippen molar-refractivity contribution in [1.82, 2.24) is 19.6 Å². The number of hydrogen-bond acceptors (Lipinski definition) is 4. The van der Waals surface area contributed by atoms with Gasteiger partial charge in [-0.25, -0.2) is 9.07 Å². The molecule has 1 fully saturated rings. The van der Waals surface area contributed by atoms with Crippen molar-refractivity contribution < 1.29 is 9.18 Å². The van der Waals surface area contributed by atoms with Gasteiger partial charge in [0.15, 0.2) is 0 Å². The van der Waals surface area contributed by atoms with Crippen molar-refractivity contribution in [3.8, 4) is 5.69 Å². The Morgan fingerprint density at radius 2 is 1.70 bits per heavy atom. The zero-order valence-electron chi connectivity index (χ0n) is 19.7. The quantitative estimate of drug-likeness (QED) is 0.544. The predicted octanol–water partition coefficient (Wildman–Crippen LogP) is 4.12. The van der Waals surface area contributed by atoms with Crippen molar-refractivity contribution in [2.24, 2.45) is 0 Å². The second-order valence-electron chi connectivity index (χ2n) is 8.66. The van der Waals surface area contributed by atoms with Gasteiger partial charge in [-0.2, -0.15) is 5.10 Å². The van der Waals surface area contributed by atoms with E-state index < -0.39 is 0 Å². The Morgan fingerprint density at radius 3 is 2.33 bits per heavy atom. The van der Waals surface area contributed by atoms with Crippen LogP contribution in [0.25, 0.3) is 5.69 Å². The molecule has 0 atom stereocenters. The minimum absolute atomic E-state index is 0.0898. The fourth-order valence-corrected chi connectivity index (χ4v) is 4.31. The monoisotopic (exact) mass is 449 g/mol. The van der Waals surface area contributed by atoms with Crippen LogP contribution >= 0.6 is 0 Å². The van der Waals surface area contributed by atoms with Crippen LogP contribution in [0.2, 0.25) is 0 Å². The van der Waals surface area contributed by atoms with E-state index >= 15 is 0 Å². The number of nitrogens with zero attached hydrogens (tertiary/aromatic N) is 5. The average Bonchev–Trinajstić information content (AvgIpc) is 3.16. The van der Waals surface area contributed by atoms with E-state index in [0.717, 1.165) is 55.4 Å². The summed E-state index contributed by atoms with van der Waals surface area (Å²) in [7, 11) is 2.14. The maximum absolute atomic E-state index is 13.4. The number of aromatic nitrogens is 2. The molecule has 1 aliphatic rings. The van der Waals surface area contributed by atoms with E-state index in [4.69, 9.17) is 5.10 Å². The summed E-state index contributed by atoms with van der Waals surface area (Å²) in [6.07, 6.45) is 0.836. The third kappa shape index (κ3) is 5.09. The normalized spacial score (nSPS) is 14.5. The molecule has 1 aliphatic heterocycles. The lowest BCUT2D eigenvalue weighted by atomic mass is 10.1. The molecule has 4 rings (SSSR count). The van der Waals surface area contributed by atoms with Gasteiger partial charge in [-0.1, -0.05) is 25.1 Å². The first-order valence-corrected chi connectivity index (χ1v) is 11.6. The number of anilines is 1. The molecule has 2 heterocycles. The first-order valence-electron chi connectivity index (χ1n) is 11.6. The number of likely N-dealkylation sites (N-methyl/N-ethyl adjacent to an activating group) is 1. The summed E-state index contributed by atoms with van der Waals surface area (Å²) in [5.74, 6) is 0.624. The number of halogens is 1. The third-order valence-electron chi connectivity index (χ3n) is 6.18. The molecule has 1 aromatic heterocycles. The van der Waals surface area contributed by atoms with Crippen molar-refractivity contribution in [2.75, 3.05) is 44.7 Å². The van der Waals surface area contributed by atoms with Crippen molar-refractivity contribution in [1.29, 1.82) is 0 Å². The van der Waals surface area contributed by atoms with Gasteiger partial charge in [0, 0.05) is 43.9 Å². The molecule has 174 valence electrons. The number of hydrogen-bond donors (Lipinski definition) is 0. The molecule has 6 nitrogen and oxygen atoms in total. The Morgan fingerprint density at radius 1 is 1.03 bits per heavy atom. The number of carbonyl (C=O) groups is 1. The van der Waals surface area contributed by atoms with Crippen molar-refractivity contribution in [2.45, 2.75) is 26.8 Å². The molecule has 0 spiro atoms. The van der Waals surface area contributed by atoms with Crippen LogP contribution in [0.15, 0.2) is 54.6 Å². The molecule has 0 N–H and O–H groups in total. The van der Waals surface area contributed by atoms with E-state index in [1.165, 1.54) is 12.1 Å². The highest BCUT2D eigenvalue weighted by atomic mass is 19.1. The highest BCUT2D eigenvalue weighted by Crippen LogP contribution is 2.30. The Bertz CT molecular complexity index is 1070. The van der Waals surface area contributed by atoms with E-state index in [9.17, 15) is 9.18 Å². The second kappa shape index (κ2) is 10.2. The Balaban J connectivity index is 1.72. The standard InChI is InChI=1S/C26H32FN5O/c1-4-14-31(26(33)21-10-12-22(27)13-11-21)19-24-20(2)28-32(23-8-6-5-7-9-23)25(24)30-17-15-29(3)16-18-30/h5-13H,4,14-19H2,1-3H3. The van der Waals surface area contributed by atoms with Gasteiger partial charge in [-0.15, -0.1) is 0 Å². The number of carbonyl (C=O) groups excluding carboxylic acids is 1. The van der Waals surface area contributed by atoms with E-state index in [1.54, 1.807) is 12.1 Å². The number of para-hydroxylation sites is 1. The minimum Gasteiger partial charge on any atom is -0.354 e. The van der Waals surface area contributed by atoms with E-state index in [1.807, 2.05) is 34.7 Å². The molecule has 1 saturated heterocycles. The van der Waals surface area contributed by atoms with Gasteiger partial charge in [0.2, 0.25) is 0 Å². The number of amides is 1. The van der Waals surface area contributed by atoms with E-state index in [2.05, 4.69) is 35.9 Å². The van der Waals surface area contributed by atoms with Gasteiger partial charge in [0.1, 0.15) is 11.6 Å². The van der Waals surface area contributed by atoms with E-state index in [0.29, 0.717) is 18.7 Å². The minimum atomic E-state index is -0.342. The van der Waals surface area contributed by atoms with Crippen LogP contribution in [0.4, 0.5) is 10.2 Å². The van der Waals surface area contributed by atoms with Gasteiger partial charge < -0.3 is 14.7 Å². The molecule has 0 bridgehead atoms. The molecular weight excluding hydrogens is 417 g/mol. The van der Waals surface area contributed by atoms with Crippen molar-refractivity contribution in [3.05, 3.63) is 77.2 Å². The van der Waals surface area contributed by atoms with Crippen LogP contribution < -0.4 is 4.90 Å². The fourth-order valence-electron chi connectivity index (χ4n) is 4.31. The molecule has 0 aliphatic carbocycles. The molecule has 1 amide bonds. The van der Waals surface area contributed by atoms with Crippen molar-refractivity contribution in [3.63, 3.8) is 0 Å². The second-order valence-corrected chi connectivity index (χ2v) is 8.66. The van der Waals surface area contributed by atoms with Gasteiger partial charge in [-0.05, 0) is 56.8 Å². The zero-order valence-corrected chi connectivity index (χ0v) is 19.7. The fraction of sp³-hybridized carbons (Fsp3) is 0.385. The molecule has 3 aromatic rings. The van der Waals surface area contributed by atoms with Crippen LogP contribution in [-0.4, -0.2) is 65.3 Å². The van der Waals surface area contributed by atoms with Crippen LogP contribution in [0, 0.1) is 12.7 Å². The van der Waals surface area contributed by atoms with Gasteiger partial charge in [0.25, 0.3) is 5.91 Å². The number of piperazine rings is 1. The summed E-state index contributed by atoms with van der Waals surface area (Å²) < 4.78 is 15.4. The topological polar surface area (TPSA) is 44.6 Å². The first kappa shape index (κ1) is 23.0. The Labute approximate surface area is 195 Å². The molecular formula is C26H32FN5O.